The first-order chi connectivity index (χ1) is 10.8. The Morgan fingerprint density at radius 1 is 1.14 bits per heavy atom. The Bertz CT molecular complexity index is 803. The van der Waals surface area contributed by atoms with Crippen LogP contribution < -0.4 is 0 Å². The summed E-state index contributed by atoms with van der Waals surface area (Å²) in [6, 6.07) is 12.7. The third kappa shape index (κ3) is 2.41. The Labute approximate surface area is 134 Å². The highest BCUT2D eigenvalue weighted by Gasteiger charge is 2.23. The third-order valence-electron chi connectivity index (χ3n) is 4.29. The van der Waals surface area contributed by atoms with Gasteiger partial charge in [0.1, 0.15) is 11.3 Å². The van der Waals surface area contributed by atoms with Gasteiger partial charge in [0.2, 0.25) is 0 Å². The van der Waals surface area contributed by atoms with E-state index in [2.05, 4.69) is 58.6 Å². The molecule has 3 aromatic rings. The Balaban J connectivity index is 1.93. The number of aromatic nitrogens is 3. The Morgan fingerprint density at radius 3 is 2.82 bits per heavy atom. The van der Waals surface area contributed by atoms with E-state index in [1.807, 2.05) is 12.3 Å². The molecule has 0 atom stereocenters. The molecule has 4 heteroatoms. The number of rotatable bonds is 2. The van der Waals surface area contributed by atoms with Crippen molar-refractivity contribution in [2.75, 3.05) is 11.5 Å². The quantitative estimate of drug-likeness (QED) is 0.705. The lowest BCUT2D eigenvalue weighted by atomic mass is 10.0. The molecule has 1 fully saturated rings. The van der Waals surface area contributed by atoms with Gasteiger partial charge in [-0.25, -0.2) is 9.97 Å². The van der Waals surface area contributed by atoms with Gasteiger partial charge in [0.15, 0.2) is 5.65 Å². The van der Waals surface area contributed by atoms with Crippen LogP contribution in [0, 0.1) is 6.92 Å². The van der Waals surface area contributed by atoms with Gasteiger partial charge in [0.05, 0.1) is 0 Å². The fourth-order valence-corrected chi connectivity index (χ4v) is 4.29. The summed E-state index contributed by atoms with van der Waals surface area (Å²) in [4.78, 5) is 9.53. The minimum Gasteiger partial charge on any atom is -0.280 e. The Morgan fingerprint density at radius 2 is 2.00 bits per heavy atom. The van der Waals surface area contributed by atoms with Gasteiger partial charge >= 0.3 is 0 Å². The highest BCUT2D eigenvalue weighted by atomic mass is 32.2. The van der Waals surface area contributed by atoms with E-state index in [0.717, 1.165) is 11.2 Å². The number of aryl methyl sites for hydroxylation is 1. The molecule has 1 saturated heterocycles. The fraction of sp³-hybridized carbons (Fsp3) is 0.333. The standard InChI is InChI=1S/C18H19N3S/c1-13-4-2-5-15(12-13)21-17(14-7-10-22-11-8-14)20-16-6-3-9-19-18(16)21/h2-6,9,12,14H,7-8,10-11H2,1H3. The van der Waals surface area contributed by atoms with Crippen molar-refractivity contribution in [3.05, 3.63) is 54.0 Å². The average molecular weight is 309 g/mol. The normalized spacial score (nSPS) is 16.2. The molecule has 3 nitrogen and oxygen atoms in total. The smallest absolute Gasteiger partial charge is 0.164 e. The molecular formula is C18H19N3S. The van der Waals surface area contributed by atoms with Crippen LogP contribution in [0.5, 0.6) is 0 Å². The van der Waals surface area contributed by atoms with Crippen molar-refractivity contribution in [1.29, 1.82) is 0 Å². The predicted molar refractivity (Wildman–Crippen MR) is 92.9 cm³/mol. The van der Waals surface area contributed by atoms with E-state index in [9.17, 15) is 0 Å². The van der Waals surface area contributed by atoms with Gasteiger partial charge in [-0.15, -0.1) is 0 Å². The summed E-state index contributed by atoms with van der Waals surface area (Å²) >= 11 is 2.05. The zero-order chi connectivity index (χ0) is 14.9. The second kappa shape index (κ2) is 5.76. The molecule has 112 valence electrons. The maximum atomic E-state index is 4.93. The van der Waals surface area contributed by atoms with E-state index < -0.39 is 0 Å². The van der Waals surface area contributed by atoms with Crippen LogP contribution in [0.4, 0.5) is 0 Å². The van der Waals surface area contributed by atoms with E-state index in [1.54, 1.807) is 0 Å². The maximum Gasteiger partial charge on any atom is 0.164 e. The highest BCUT2D eigenvalue weighted by molar-refractivity contribution is 7.99. The number of imidazole rings is 1. The predicted octanol–water partition coefficient (Wildman–Crippen LogP) is 4.34. The van der Waals surface area contributed by atoms with Gasteiger partial charge in [0.25, 0.3) is 0 Å². The SMILES string of the molecule is Cc1cccc(-n2c(C3CCSCC3)nc3cccnc32)c1. The van der Waals surface area contributed by atoms with Crippen LogP contribution in [0.15, 0.2) is 42.6 Å². The molecule has 0 aliphatic carbocycles. The molecular weight excluding hydrogens is 290 g/mol. The van der Waals surface area contributed by atoms with Crippen LogP contribution >= 0.6 is 11.8 Å². The summed E-state index contributed by atoms with van der Waals surface area (Å²) < 4.78 is 2.27. The number of hydrogen-bond acceptors (Lipinski definition) is 3. The zero-order valence-electron chi connectivity index (χ0n) is 12.7. The molecule has 0 bridgehead atoms. The lowest BCUT2D eigenvalue weighted by Crippen LogP contribution is -2.13. The molecule has 1 aliphatic rings. The number of nitrogens with zero attached hydrogens (tertiary/aromatic N) is 3. The van der Waals surface area contributed by atoms with Gasteiger partial charge in [0, 0.05) is 17.8 Å². The first-order valence-corrected chi connectivity index (χ1v) is 8.96. The summed E-state index contributed by atoms with van der Waals surface area (Å²) in [5.41, 5.74) is 4.41. The number of fused-ring (bicyclic) bond motifs is 1. The van der Waals surface area contributed by atoms with E-state index in [-0.39, 0.29) is 0 Å². The number of hydrogen-bond donors (Lipinski definition) is 0. The van der Waals surface area contributed by atoms with Crippen LogP contribution in [-0.2, 0) is 0 Å². The summed E-state index contributed by atoms with van der Waals surface area (Å²) in [6.45, 7) is 2.13. The Kier molecular flexibility index (Phi) is 3.62. The molecule has 0 radical (unpaired) electrons. The van der Waals surface area contributed by atoms with Gasteiger partial charge < -0.3 is 0 Å². The summed E-state index contributed by atoms with van der Waals surface area (Å²) in [5.74, 6) is 4.18. The van der Waals surface area contributed by atoms with Crippen molar-refractivity contribution < 1.29 is 0 Å². The fourth-order valence-electron chi connectivity index (χ4n) is 3.18. The largest absolute Gasteiger partial charge is 0.280 e. The first kappa shape index (κ1) is 13.8. The lowest BCUT2D eigenvalue weighted by molar-refractivity contribution is 0.592. The molecule has 1 aliphatic heterocycles. The van der Waals surface area contributed by atoms with Crippen LogP contribution in [0.25, 0.3) is 16.9 Å². The number of pyridine rings is 1. The van der Waals surface area contributed by atoms with Gasteiger partial charge in [-0.2, -0.15) is 11.8 Å². The van der Waals surface area contributed by atoms with Gasteiger partial charge in [-0.1, -0.05) is 12.1 Å². The van der Waals surface area contributed by atoms with Crippen LogP contribution in [-0.4, -0.2) is 26.0 Å². The molecule has 0 N–H and O–H groups in total. The van der Waals surface area contributed by atoms with Crippen molar-refractivity contribution >= 4 is 22.9 Å². The summed E-state index contributed by atoms with van der Waals surface area (Å²) in [7, 11) is 0. The zero-order valence-corrected chi connectivity index (χ0v) is 13.5. The van der Waals surface area contributed by atoms with E-state index >= 15 is 0 Å². The van der Waals surface area contributed by atoms with Crippen molar-refractivity contribution in [2.24, 2.45) is 0 Å². The molecule has 1 aromatic carbocycles. The highest BCUT2D eigenvalue weighted by Crippen LogP contribution is 2.34. The molecule has 3 heterocycles. The minimum absolute atomic E-state index is 0.538. The second-order valence-electron chi connectivity index (χ2n) is 5.88. The number of thioether (sulfide) groups is 1. The van der Waals surface area contributed by atoms with Crippen LogP contribution in [0.2, 0.25) is 0 Å². The maximum absolute atomic E-state index is 4.93. The summed E-state index contributed by atoms with van der Waals surface area (Å²) in [5, 5.41) is 0. The molecule has 22 heavy (non-hydrogen) atoms. The molecule has 0 amide bonds. The number of benzene rings is 1. The van der Waals surface area contributed by atoms with Crippen molar-refractivity contribution in [3.8, 4) is 5.69 Å². The topological polar surface area (TPSA) is 30.7 Å². The second-order valence-corrected chi connectivity index (χ2v) is 7.10. The molecule has 4 rings (SSSR count). The van der Waals surface area contributed by atoms with Crippen LogP contribution in [0.3, 0.4) is 0 Å². The first-order valence-electron chi connectivity index (χ1n) is 7.81. The lowest BCUT2D eigenvalue weighted by Gasteiger charge is -2.22. The Hall–Kier alpha value is -1.81. The van der Waals surface area contributed by atoms with E-state index in [0.29, 0.717) is 5.92 Å². The minimum atomic E-state index is 0.538. The summed E-state index contributed by atoms with van der Waals surface area (Å²) in [6.07, 6.45) is 4.27. The molecule has 0 unspecified atom stereocenters. The van der Waals surface area contributed by atoms with E-state index in [1.165, 1.54) is 41.4 Å². The van der Waals surface area contributed by atoms with Gasteiger partial charge in [-0.05, 0) is 61.1 Å². The third-order valence-corrected chi connectivity index (χ3v) is 5.34. The molecule has 0 saturated carbocycles. The van der Waals surface area contributed by atoms with Crippen molar-refractivity contribution in [2.45, 2.75) is 25.7 Å². The van der Waals surface area contributed by atoms with E-state index in [4.69, 9.17) is 4.98 Å². The molecule has 0 spiro atoms. The van der Waals surface area contributed by atoms with Crippen molar-refractivity contribution in [3.63, 3.8) is 0 Å². The van der Waals surface area contributed by atoms with Crippen molar-refractivity contribution in [1.82, 2.24) is 14.5 Å². The molecule has 2 aromatic heterocycles. The van der Waals surface area contributed by atoms with Crippen LogP contribution in [0.1, 0.15) is 30.1 Å². The monoisotopic (exact) mass is 309 g/mol. The van der Waals surface area contributed by atoms with Gasteiger partial charge in [-0.3, -0.25) is 4.57 Å². The average Bonchev–Trinajstić information content (AvgIpc) is 2.95.